The number of nitrogens with one attached hydrogen (secondary N) is 2. The Kier molecular flexibility index (Phi) is 7.28. The number of nitrogens with zero attached hydrogens (tertiary/aromatic N) is 1. The third-order valence-electron chi connectivity index (χ3n) is 3.55. The number of hydrogen-bond donors (Lipinski definition) is 2. The molecule has 4 nitrogen and oxygen atoms in total. The predicted molar refractivity (Wildman–Crippen MR) is 75.6 cm³/mol. The van der Waals surface area contributed by atoms with Crippen molar-refractivity contribution >= 4 is 5.91 Å². The van der Waals surface area contributed by atoms with Crippen LogP contribution in [0, 0.1) is 5.92 Å². The van der Waals surface area contributed by atoms with Gasteiger partial charge in [0.1, 0.15) is 0 Å². The summed E-state index contributed by atoms with van der Waals surface area (Å²) in [5.74, 6) is 1.04. The fraction of sp³-hybridized carbons (Fsp3) is 0.929. The van der Waals surface area contributed by atoms with Gasteiger partial charge in [0.05, 0.1) is 0 Å². The maximum Gasteiger partial charge on any atom is 0.221 e. The van der Waals surface area contributed by atoms with Crippen molar-refractivity contribution in [2.45, 2.75) is 45.6 Å². The maximum absolute atomic E-state index is 11.5. The molecule has 0 bridgehead atoms. The molecule has 0 atom stereocenters. The van der Waals surface area contributed by atoms with Crippen LogP contribution >= 0.6 is 0 Å². The Bertz CT molecular complexity index is 237. The van der Waals surface area contributed by atoms with Crippen LogP contribution in [0.3, 0.4) is 0 Å². The normalized spacial score (nSPS) is 17.4. The van der Waals surface area contributed by atoms with E-state index in [4.69, 9.17) is 0 Å². The van der Waals surface area contributed by atoms with Gasteiger partial charge in [0, 0.05) is 19.0 Å². The molecule has 0 saturated carbocycles. The van der Waals surface area contributed by atoms with Gasteiger partial charge in [-0.3, -0.25) is 4.79 Å². The Labute approximate surface area is 111 Å². The molecule has 1 fully saturated rings. The first kappa shape index (κ1) is 15.4. The number of hydrogen-bond acceptors (Lipinski definition) is 3. The van der Waals surface area contributed by atoms with Crippen LogP contribution < -0.4 is 10.6 Å². The van der Waals surface area contributed by atoms with E-state index in [1.54, 1.807) is 0 Å². The van der Waals surface area contributed by atoms with Crippen molar-refractivity contribution in [2.24, 2.45) is 5.92 Å². The third kappa shape index (κ3) is 6.97. The zero-order valence-corrected chi connectivity index (χ0v) is 12.2. The molecule has 18 heavy (non-hydrogen) atoms. The average Bonchev–Trinajstić information content (AvgIpc) is 2.34. The van der Waals surface area contributed by atoms with E-state index in [9.17, 15) is 4.79 Å². The average molecular weight is 255 g/mol. The highest BCUT2D eigenvalue weighted by Gasteiger charge is 2.13. The van der Waals surface area contributed by atoms with Crippen LogP contribution in [0.1, 0.15) is 39.5 Å². The fourth-order valence-corrected chi connectivity index (χ4v) is 2.37. The van der Waals surface area contributed by atoms with Crippen LogP contribution in [0.2, 0.25) is 0 Å². The van der Waals surface area contributed by atoms with E-state index in [1.165, 1.54) is 32.4 Å². The summed E-state index contributed by atoms with van der Waals surface area (Å²) in [6.07, 6.45) is 4.49. The van der Waals surface area contributed by atoms with Crippen molar-refractivity contribution in [3.63, 3.8) is 0 Å². The Morgan fingerprint density at radius 3 is 2.61 bits per heavy atom. The summed E-state index contributed by atoms with van der Waals surface area (Å²) in [5, 5.41) is 6.32. The number of amides is 1. The van der Waals surface area contributed by atoms with E-state index >= 15 is 0 Å². The molecule has 2 N–H and O–H groups in total. The van der Waals surface area contributed by atoms with Crippen LogP contribution in [0.25, 0.3) is 0 Å². The summed E-state index contributed by atoms with van der Waals surface area (Å²) in [5.41, 5.74) is 0. The minimum Gasteiger partial charge on any atom is -0.354 e. The Balaban J connectivity index is 2.05. The Morgan fingerprint density at radius 2 is 2.00 bits per heavy atom. The number of rotatable bonds is 7. The summed E-state index contributed by atoms with van der Waals surface area (Å²) < 4.78 is 0. The quantitative estimate of drug-likeness (QED) is 0.719. The lowest BCUT2D eigenvalue weighted by Crippen LogP contribution is -2.34. The van der Waals surface area contributed by atoms with Gasteiger partial charge in [-0.1, -0.05) is 0 Å². The van der Waals surface area contributed by atoms with Crippen LogP contribution in [0.5, 0.6) is 0 Å². The molecule has 0 aromatic heterocycles. The first-order chi connectivity index (χ1) is 8.58. The molecule has 0 aromatic carbocycles. The molecule has 1 heterocycles. The van der Waals surface area contributed by atoms with Crippen molar-refractivity contribution in [3.8, 4) is 0 Å². The topological polar surface area (TPSA) is 44.4 Å². The second-order valence-electron chi connectivity index (χ2n) is 5.76. The Hall–Kier alpha value is -0.610. The molecule has 0 radical (unpaired) electrons. The van der Waals surface area contributed by atoms with Crippen LogP contribution in [-0.4, -0.2) is 50.1 Å². The standard InChI is InChI=1S/C14H29N3O/c1-12(2)16-14(18)7-11-17(3)10-6-13-4-8-15-9-5-13/h12-13,15H,4-11H2,1-3H3,(H,16,18). The highest BCUT2D eigenvalue weighted by molar-refractivity contribution is 5.76. The van der Waals surface area contributed by atoms with Crippen molar-refractivity contribution in [1.29, 1.82) is 0 Å². The van der Waals surface area contributed by atoms with Crippen LogP contribution in [0.4, 0.5) is 0 Å². The molecule has 0 aromatic rings. The van der Waals surface area contributed by atoms with E-state index in [1.807, 2.05) is 13.8 Å². The van der Waals surface area contributed by atoms with Gasteiger partial charge in [0.15, 0.2) is 0 Å². The van der Waals surface area contributed by atoms with Gasteiger partial charge < -0.3 is 15.5 Å². The minimum atomic E-state index is 0.165. The van der Waals surface area contributed by atoms with Gasteiger partial charge >= 0.3 is 0 Å². The van der Waals surface area contributed by atoms with E-state index in [2.05, 4.69) is 22.6 Å². The molecule has 1 amide bonds. The molecule has 4 heteroatoms. The summed E-state index contributed by atoms with van der Waals surface area (Å²) in [6.45, 7) is 8.32. The van der Waals surface area contributed by atoms with Gasteiger partial charge in [-0.05, 0) is 65.7 Å². The monoisotopic (exact) mass is 255 g/mol. The predicted octanol–water partition coefficient (Wildman–Crippen LogP) is 1.22. The van der Waals surface area contributed by atoms with E-state index in [-0.39, 0.29) is 11.9 Å². The molecule has 1 aliphatic heterocycles. The summed E-state index contributed by atoms with van der Waals surface area (Å²) in [6, 6.07) is 0.248. The zero-order chi connectivity index (χ0) is 13.4. The molecule has 1 rings (SSSR count). The lowest BCUT2D eigenvalue weighted by atomic mass is 9.94. The lowest BCUT2D eigenvalue weighted by molar-refractivity contribution is -0.121. The van der Waals surface area contributed by atoms with Gasteiger partial charge in [-0.2, -0.15) is 0 Å². The molecular formula is C14H29N3O. The molecular weight excluding hydrogens is 226 g/mol. The summed E-state index contributed by atoms with van der Waals surface area (Å²) in [4.78, 5) is 13.8. The lowest BCUT2D eigenvalue weighted by Gasteiger charge is -2.25. The number of carbonyl (C=O) groups is 1. The highest BCUT2D eigenvalue weighted by atomic mass is 16.1. The maximum atomic E-state index is 11.5. The molecule has 0 unspecified atom stereocenters. The smallest absolute Gasteiger partial charge is 0.221 e. The molecule has 1 saturated heterocycles. The van der Waals surface area contributed by atoms with Crippen molar-refractivity contribution in [2.75, 3.05) is 33.2 Å². The fourth-order valence-electron chi connectivity index (χ4n) is 2.37. The number of carbonyl (C=O) groups excluding carboxylic acids is 1. The minimum absolute atomic E-state index is 0.165. The van der Waals surface area contributed by atoms with Crippen molar-refractivity contribution in [3.05, 3.63) is 0 Å². The first-order valence-corrected chi connectivity index (χ1v) is 7.26. The second-order valence-corrected chi connectivity index (χ2v) is 5.76. The summed E-state index contributed by atoms with van der Waals surface area (Å²) in [7, 11) is 2.11. The zero-order valence-electron chi connectivity index (χ0n) is 12.2. The van der Waals surface area contributed by atoms with E-state index in [0.717, 1.165) is 19.0 Å². The largest absolute Gasteiger partial charge is 0.354 e. The molecule has 0 spiro atoms. The van der Waals surface area contributed by atoms with Crippen molar-refractivity contribution in [1.82, 2.24) is 15.5 Å². The van der Waals surface area contributed by atoms with Crippen LogP contribution in [0.15, 0.2) is 0 Å². The first-order valence-electron chi connectivity index (χ1n) is 7.26. The Morgan fingerprint density at radius 1 is 1.33 bits per heavy atom. The molecule has 106 valence electrons. The van der Waals surface area contributed by atoms with E-state index < -0.39 is 0 Å². The third-order valence-corrected chi connectivity index (χ3v) is 3.55. The van der Waals surface area contributed by atoms with Crippen LogP contribution in [-0.2, 0) is 4.79 Å². The SMILES string of the molecule is CC(C)NC(=O)CCN(C)CCC1CCNCC1. The number of piperidine rings is 1. The van der Waals surface area contributed by atoms with Crippen molar-refractivity contribution < 1.29 is 4.79 Å². The highest BCUT2D eigenvalue weighted by Crippen LogP contribution is 2.15. The summed E-state index contributed by atoms with van der Waals surface area (Å²) >= 11 is 0. The van der Waals surface area contributed by atoms with Gasteiger partial charge in [0.2, 0.25) is 5.91 Å². The second kappa shape index (κ2) is 8.48. The van der Waals surface area contributed by atoms with E-state index in [0.29, 0.717) is 6.42 Å². The van der Waals surface area contributed by atoms with Gasteiger partial charge in [0.25, 0.3) is 0 Å². The van der Waals surface area contributed by atoms with Gasteiger partial charge in [-0.15, -0.1) is 0 Å². The molecule has 0 aliphatic carbocycles. The molecule has 1 aliphatic rings. The van der Waals surface area contributed by atoms with Gasteiger partial charge in [-0.25, -0.2) is 0 Å².